The highest BCUT2D eigenvalue weighted by molar-refractivity contribution is 5.85. The summed E-state index contributed by atoms with van der Waals surface area (Å²) in [4.78, 5) is 21.0. The Morgan fingerprint density at radius 2 is 1.75 bits per heavy atom. The van der Waals surface area contributed by atoms with Crippen molar-refractivity contribution in [1.29, 1.82) is 0 Å². The molecule has 182 valence electrons. The summed E-state index contributed by atoms with van der Waals surface area (Å²) in [6, 6.07) is 12.4. The molecule has 36 heavy (non-hydrogen) atoms. The van der Waals surface area contributed by atoms with Gasteiger partial charge in [-0.3, -0.25) is 15.0 Å². The first-order chi connectivity index (χ1) is 17.1. The molecule has 0 bridgehead atoms. The van der Waals surface area contributed by atoms with Crippen LogP contribution in [0.25, 0.3) is 27.8 Å². The van der Waals surface area contributed by atoms with Gasteiger partial charge in [-0.25, -0.2) is 9.50 Å². The summed E-state index contributed by atoms with van der Waals surface area (Å²) in [7, 11) is 0. The van der Waals surface area contributed by atoms with Gasteiger partial charge in [-0.2, -0.15) is 5.10 Å². The molecule has 1 fully saturated rings. The van der Waals surface area contributed by atoms with E-state index in [2.05, 4.69) is 56.1 Å². The van der Waals surface area contributed by atoms with Crippen LogP contribution in [0.15, 0.2) is 61.2 Å². The maximum atomic E-state index is 6.76. The van der Waals surface area contributed by atoms with Gasteiger partial charge in [-0.1, -0.05) is 12.1 Å². The molecular formula is C27H27ClN8. The summed E-state index contributed by atoms with van der Waals surface area (Å²) in [6.07, 6.45) is 10.2. The quantitative estimate of drug-likeness (QED) is 0.387. The molecule has 8 nitrogen and oxygen atoms in total. The molecule has 9 heteroatoms. The van der Waals surface area contributed by atoms with Gasteiger partial charge in [0.2, 0.25) is 0 Å². The second kappa shape index (κ2) is 8.50. The molecule has 5 heterocycles. The molecule has 1 aliphatic heterocycles. The number of pyridine rings is 1. The normalized spacial score (nSPS) is 18.5. The number of aryl methyl sites for hydroxylation is 1. The number of fused-ring (bicyclic) bond motifs is 3. The minimum atomic E-state index is 0. The number of anilines is 1. The summed E-state index contributed by atoms with van der Waals surface area (Å²) in [5.74, 6) is 0.987. The predicted molar refractivity (Wildman–Crippen MR) is 142 cm³/mol. The first-order valence-corrected chi connectivity index (χ1v) is 12.1. The van der Waals surface area contributed by atoms with E-state index in [4.69, 9.17) is 10.7 Å². The Morgan fingerprint density at radius 1 is 0.944 bits per heavy atom. The highest BCUT2D eigenvalue weighted by Gasteiger charge is 2.46. The minimum Gasteiger partial charge on any atom is -0.355 e. The van der Waals surface area contributed by atoms with E-state index < -0.39 is 0 Å². The van der Waals surface area contributed by atoms with Gasteiger partial charge in [-0.05, 0) is 61.4 Å². The summed E-state index contributed by atoms with van der Waals surface area (Å²) in [5, 5.41) is 4.69. The van der Waals surface area contributed by atoms with E-state index in [9.17, 15) is 0 Å². The van der Waals surface area contributed by atoms with Gasteiger partial charge in [0.15, 0.2) is 5.82 Å². The van der Waals surface area contributed by atoms with Gasteiger partial charge in [0, 0.05) is 49.0 Å². The van der Waals surface area contributed by atoms with E-state index >= 15 is 0 Å². The monoisotopic (exact) mass is 498 g/mol. The third-order valence-electron chi connectivity index (χ3n) is 7.94. The highest BCUT2D eigenvalue weighted by Crippen LogP contribution is 2.50. The molecule has 4 aromatic heterocycles. The van der Waals surface area contributed by atoms with E-state index in [1.807, 2.05) is 29.0 Å². The lowest BCUT2D eigenvalue weighted by molar-refractivity contribution is 0.187. The van der Waals surface area contributed by atoms with E-state index in [0.717, 1.165) is 71.7 Å². The number of aromatic nitrogens is 6. The lowest BCUT2D eigenvalue weighted by Crippen LogP contribution is -2.44. The van der Waals surface area contributed by atoms with Crippen molar-refractivity contribution in [3.05, 3.63) is 78.1 Å². The molecule has 1 atom stereocenters. The SMILES string of the molecule is Cc1nc(N2CCC3(CC2)Cc2ncccc2[C@H]3N)c2ccnn2c1-c1ccc2nccnc2c1.Cl. The molecule has 1 spiro atoms. The fourth-order valence-electron chi connectivity index (χ4n) is 6.05. The molecule has 5 aromatic rings. The Hall–Kier alpha value is -3.62. The second-order valence-electron chi connectivity index (χ2n) is 9.80. The Kier molecular flexibility index (Phi) is 5.39. The Morgan fingerprint density at radius 3 is 2.56 bits per heavy atom. The van der Waals surface area contributed by atoms with Crippen LogP contribution in [0.1, 0.15) is 35.8 Å². The van der Waals surface area contributed by atoms with Crippen molar-refractivity contribution >= 4 is 34.8 Å². The van der Waals surface area contributed by atoms with Crippen molar-refractivity contribution in [2.24, 2.45) is 11.1 Å². The van der Waals surface area contributed by atoms with Crippen molar-refractivity contribution in [1.82, 2.24) is 29.5 Å². The maximum absolute atomic E-state index is 6.76. The third-order valence-corrected chi connectivity index (χ3v) is 7.94. The predicted octanol–water partition coefficient (Wildman–Crippen LogP) is 4.31. The van der Waals surface area contributed by atoms with Gasteiger partial charge in [0.1, 0.15) is 5.52 Å². The fourth-order valence-corrected chi connectivity index (χ4v) is 6.05. The Balaban J connectivity index is 0.00000240. The molecule has 0 amide bonds. The van der Waals surface area contributed by atoms with Crippen LogP contribution in [0.4, 0.5) is 5.82 Å². The molecule has 0 saturated carbocycles. The van der Waals surface area contributed by atoms with Crippen molar-refractivity contribution in [3.8, 4) is 11.3 Å². The first kappa shape index (κ1) is 22.8. The smallest absolute Gasteiger partial charge is 0.155 e. The molecule has 1 saturated heterocycles. The number of rotatable bonds is 2. The minimum absolute atomic E-state index is 0. The number of hydrogen-bond donors (Lipinski definition) is 1. The third kappa shape index (κ3) is 3.36. The van der Waals surface area contributed by atoms with Crippen LogP contribution in [0, 0.1) is 12.3 Å². The van der Waals surface area contributed by atoms with Gasteiger partial charge in [0.25, 0.3) is 0 Å². The summed E-state index contributed by atoms with van der Waals surface area (Å²) in [5.41, 5.74) is 14.9. The summed E-state index contributed by atoms with van der Waals surface area (Å²) >= 11 is 0. The van der Waals surface area contributed by atoms with Crippen molar-refractivity contribution in [3.63, 3.8) is 0 Å². The Bertz CT molecular complexity index is 1590. The molecule has 1 aliphatic carbocycles. The molecular weight excluding hydrogens is 472 g/mol. The first-order valence-electron chi connectivity index (χ1n) is 12.1. The van der Waals surface area contributed by atoms with E-state index in [1.165, 1.54) is 11.3 Å². The summed E-state index contributed by atoms with van der Waals surface area (Å²) in [6.45, 7) is 3.89. The largest absolute Gasteiger partial charge is 0.355 e. The van der Waals surface area contributed by atoms with Crippen molar-refractivity contribution in [2.75, 3.05) is 18.0 Å². The van der Waals surface area contributed by atoms with Gasteiger partial charge in [-0.15, -0.1) is 12.4 Å². The maximum Gasteiger partial charge on any atom is 0.155 e. The van der Waals surface area contributed by atoms with E-state index in [0.29, 0.717) is 0 Å². The average Bonchev–Trinajstić information content (AvgIpc) is 3.47. The zero-order valence-electron chi connectivity index (χ0n) is 20.0. The number of hydrogen-bond acceptors (Lipinski definition) is 7. The number of nitrogens with two attached hydrogens (primary N) is 1. The van der Waals surface area contributed by atoms with Crippen LogP contribution >= 0.6 is 12.4 Å². The zero-order chi connectivity index (χ0) is 23.6. The summed E-state index contributed by atoms with van der Waals surface area (Å²) < 4.78 is 2.01. The van der Waals surface area contributed by atoms with Crippen molar-refractivity contribution in [2.45, 2.75) is 32.2 Å². The molecule has 2 N–H and O–H groups in total. The number of benzene rings is 1. The second-order valence-corrected chi connectivity index (χ2v) is 9.80. The topological polar surface area (TPSA) is 98.1 Å². The van der Waals surface area contributed by atoms with Crippen LogP contribution in [0.5, 0.6) is 0 Å². The lowest BCUT2D eigenvalue weighted by atomic mass is 9.73. The van der Waals surface area contributed by atoms with Crippen LogP contribution in [-0.2, 0) is 6.42 Å². The zero-order valence-corrected chi connectivity index (χ0v) is 20.8. The molecule has 7 rings (SSSR count). The lowest BCUT2D eigenvalue weighted by Gasteiger charge is -2.42. The van der Waals surface area contributed by atoms with Crippen LogP contribution < -0.4 is 10.6 Å². The average molecular weight is 499 g/mol. The highest BCUT2D eigenvalue weighted by atomic mass is 35.5. The number of halogens is 1. The standard InChI is InChI=1S/C27H26N8.ClH/c1-17-24(18-4-5-20-21(15-18)31-12-11-30-20)35-23(6-10-32-35)26(33-17)34-13-7-27(8-14-34)16-22-19(25(27)28)3-2-9-29-22;/h2-6,9-12,15,25H,7-8,13-14,16,28H2,1H3;1H/t25-;/m1./s1. The molecule has 0 radical (unpaired) electrons. The van der Waals surface area contributed by atoms with Crippen LogP contribution in [-0.4, -0.2) is 42.6 Å². The van der Waals surface area contributed by atoms with Gasteiger partial charge in [0.05, 0.1) is 28.6 Å². The van der Waals surface area contributed by atoms with Gasteiger partial charge >= 0.3 is 0 Å². The molecule has 2 aliphatic rings. The number of nitrogens with zero attached hydrogens (tertiary/aromatic N) is 7. The number of piperidine rings is 1. The Labute approximate surface area is 215 Å². The van der Waals surface area contributed by atoms with E-state index in [1.54, 1.807) is 12.4 Å². The van der Waals surface area contributed by atoms with E-state index in [-0.39, 0.29) is 23.9 Å². The van der Waals surface area contributed by atoms with Gasteiger partial charge < -0.3 is 10.6 Å². The van der Waals surface area contributed by atoms with Crippen molar-refractivity contribution < 1.29 is 0 Å². The fraction of sp³-hybridized carbons (Fsp3) is 0.296. The van der Waals surface area contributed by atoms with Crippen LogP contribution in [0.2, 0.25) is 0 Å². The molecule has 0 unspecified atom stereocenters. The molecule has 1 aromatic carbocycles. The van der Waals surface area contributed by atoms with Crippen LogP contribution in [0.3, 0.4) is 0 Å².